The number of aryl methyl sites for hydroxylation is 1. The Bertz CT molecular complexity index is 805. The molecule has 0 radical (unpaired) electrons. The molecule has 1 aromatic heterocycles. The van der Waals surface area contributed by atoms with Crippen LogP contribution in [0.15, 0.2) is 11.1 Å². The Balaban J connectivity index is 2.22. The molecular weight excluding hydrogens is 466 g/mol. The van der Waals surface area contributed by atoms with Gasteiger partial charge in [0.05, 0.1) is 5.75 Å². The third-order valence-electron chi connectivity index (χ3n) is 5.73. The second-order valence-electron chi connectivity index (χ2n) is 9.04. The molecule has 1 aromatic rings. The number of nitrogens with zero attached hydrogens (tertiary/aromatic N) is 2. The van der Waals surface area contributed by atoms with Crippen molar-refractivity contribution in [3.05, 3.63) is 11.6 Å². The molecule has 0 saturated heterocycles. The summed E-state index contributed by atoms with van der Waals surface area (Å²) in [6, 6.07) is 1.09. The molecule has 0 aliphatic carbocycles. The Hall–Kier alpha value is -1.94. The molecule has 0 fully saturated rings. The fourth-order valence-electron chi connectivity index (χ4n) is 3.54. The third-order valence-corrected chi connectivity index (χ3v) is 7.40. The van der Waals surface area contributed by atoms with Gasteiger partial charge in [0.15, 0.2) is 20.7 Å². The van der Waals surface area contributed by atoms with Gasteiger partial charge in [-0.2, -0.15) is 0 Å². The first-order valence-electron chi connectivity index (χ1n) is 13.3. The second kappa shape index (κ2) is 19.3. The van der Waals surface area contributed by atoms with Crippen molar-refractivity contribution >= 4 is 21.7 Å². The monoisotopic (exact) mass is 513 g/mol. The van der Waals surface area contributed by atoms with E-state index in [2.05, 4.69) is 40.2 Å². The van der Waals surface area contributed by atoms with E-state index in [1.54, 1.807) is 6.92 Å². The van der Waals surface area contributed by atoms with E-state index in [1.807, 2.05) is 0 Å². The number of sulfone groups is 1. The maximum atomic E-state index is 12.5. The number of unbranched alkanes of at least 4 members (excludes halogenated alkanes) is 10. The first-order chi connectivity index (χ1) is 16.9. The molecule has 0 spiro atoms. The number of rotatable bonds is 21. The molecule has 0 unspecified atom stereocenters. The van der Waals surface area contributed by atoms with Gasteiger partial charge in [-0.05, 0) is 37.8 Å². The highest BCUT2D eigenvalue weighted by molar-refractivity contribution is 7.91. The predicted molar refractivity (Wildman–Crippen MR) is 141 cm³/mol. The summed E-state index contributed by atoms with van der Waals surface area (Å²) in [5, 5.41) is 10.5. The maximum absolute atomic E-state index is 12.5. The zero-order valence-corrected chi connectivity index (χ0v) is 22.9. The zero-order chi connectivity index (χ0) is 25.8. The van der Waals surface area contributed by atoms with Gasteiger partial charge in [0.2, 0.25) is 0 Å². The van der Waals surface area contributed by atoms with E-state index in [-0.39, 0.29) is 10.8 Å². The zero-order valence-electron chi connectivity index (χ0n) is 22.0. The highest BCUT2D eigenvalue weighted by Crippen LogP contribution is 2.16. The molecule has 35 heavy (non-hydrogen) atoms. The van der Waals surface area contributed by atoms with Crippen molar-refractivity contribution in [3.8, 4) is 0 Å². The van der Waals surface area contributed by atoms with Crippen molar-refractivity contribution in [2.75, 3.05) is 30.9 Å². The molecule has 1 rings (SSSR count). The predicted octanol–water partition coefficient (Wildman–Crippen LogP) is 5.31. The molecule has 0 atom stereocenters. The SMILES string of the molecule is CCCCCCCCOCCCNC(=O)NNc1nnc(S(=O)(=O)CCCCCCCC)cc1C. The molecule has 2 amide bonds. The van der Waals surface area contributed by atoms with Gasteiger partial charge in [0.1, 0.15) is 0 Å². The molecule has 10 heteroatoms. The number of anilines is 1. The van der Waals surface area contributed by atoms with Crippen molar-refractivity contribution in [1.29, 1.82) is 0 Å². The van der Waals surface area contributed by atoms with Crippen LogP contribution < -0.4 is 16.2 Å². The molecule has 0 aliphatic heterocycles. The summed E-state index contributed by atoms with van der Waals surface area (Å²) in [4.78, 5) is 12.0. The van der Waals surface area contributed by atoms with Gasteiger partial charge in [-0.3, -0.25) is 10.9 Å². The number of urea groups is 1. The van der Waals surface area contributed by atoms with Gasteiger partial charge in [-0.15, -0.1) is 10.2 Å². The highest BCUT2D eigenvalue weighted by atomic mass is 32.2. The number of hydrazine groups is 1. The standard InChI is InChI=1S/C25H47N5O4S/c1-4-6-8-10-12-14-18-34-19-16-17-26-25(31)30-29-24-22(3)21-23(27-28-24)35(32,33)20-15-13-11-9-7-5-2/h21H,4-20H2,1-3H3,(H,28,29)(H2,26,30,31). The van der Waals surface area contributed by atoms with E-state index < -0.39 is 15.9 Å². The van der Waals surface area contributed by atoms with Gasteiger partial charge < -0.3 is 10.1 Å². The first-order valence-corrected chi connectivity index (χ1v) is 15.0. The number of amides is 2. The number of carbonyl (C=O) groups excluding carboxylic acids is 1. The fraction of sp³-hybridized carbons (Fsp3) is 0.800. The van der Waals surface area contributed by atoms with Gasteiger partial charge in [0, 0.05) is 19.8 Å². The Morgan fingerprint density at radius 1 is 0.857 bits per heavy atom. The van der Waals surface area contributed by atoms with E-state index in [9.17, 15) is 13.2 Å². The lowest BCUT2D eigenvalue weighted by atomic mass is 10.1. The van der Waals surface area contributed by atoms with Crippen LogP contribution in [0.4, 0.5) is 10.6 Å². The number of nitrogens with one attached hydrogen (secondary N) is 3. The van der Waals surface area contributed by atoms with E-state index in [1.165, 1.54) is 51.0 Å². The summed E-state index contributed by atoms with van der Waals surface area (Å²) < 4.78 is 30.6. The van der Waals surface area contributed by atoms with E-state index in [0.29, 0.717) is 31.0 Å². The number of aromatic nitrogens is 2. The lowest BCUT2D eigenvalue weighted by molar-refractivity contribution is 0.127. The van der Waals surface area contributed by atoms with Crippen molar-refractivity contribution in [3.63, 3.8) is 0 Å². The molecule has 0 aliphatic rings. The fourth-order valence-corrected chi connectivity index (χ4v) is 4.85. The number of hydrogen-bond donors (Lipinski definition) is 3. The Morgan fingerprint density at radius 3 is 2.11 bits per heavy atom. The quantitative estimate of drug-likeness (QED) is 0.150. The molecule has 3 N–H and O–H groups in total. The lowest BCUT2D eigenvalue weighted by Gasteiger charge is -2.11. The van der Waals surface area contributed by atoms with Crippen LogP contribution in [0.25, 0.3) is 0 Å². The van der Waals surface area contributed by atoms with E-state index >= 15 is 0 Å². The summed E-state index contributed by atoms with van der Waals surface area (Å²) >= 11 is 0. The molecule has 0 saturated carbocycles. The number of carbonyl (C=O) groups is 1. The van der Waals surface area contributed by atoms with E-state index in [4.69, 9.17) is 4.74 Å². The van der Waals surface area contributed by atoms with Crippen LogP contribution in [-0.2, 0) is 14.6 Å². The lowest BCUT2D eigenvalue weighted by Crippen LogP contribution is -2.40. The van der Waals surface area contributed by atoms with Crippen LogP contribution in [0, 0.1) is 6.92 Å². The van der Waals surface area contributed by atoms with Crippen molar-refractivity contribution in [2.45, 2.75) is 109 Å². The molecule has 0 aromatic carbocycles. The van der Waals surface area contributed by atoms with Crippen LogP contribution >= 0.6 is 0 Å². The van der Waals surface area contributed by atoms with Crippen LogP contribution in [0.5, 0.6) is 0 Å². The molecule has 9 nitrogen and oxygen atoms in total. The second-order valence-corrected chi connectivity index (χ2v) is 11.1. The Morgan fingerprint density at radius 2 is 1.46 bits per heavy atom. The normalized spacial score (nSPS) is 11.4. The average molecular weight is 514 g/mol. The topological polar surface area (TPSA) is 122 Å². The minimum Gasteiger partial charge on any atom is -0.381 e. The third kappa shape index (κ3) is 14.9. The molecule has 202 valence electrons. The summed E-state index contributed by atoms with van der Waals surface area (Å²) in [7, 11) is -3.47. The largest absolute Gasteiger partial charge is 0.381 e. The van der Waals surface area contributed by atoms with Crippen LogP contribution in [-0.4, -0.2) is 50.2 Å². The average Bonchev–Trinajstić information content (AvgIpc) is 2.83. The first kappa shape index (κ1) is 31.1. The molecule has 1 heterocycles. The van der Waals surface area contributed by atoms with Gasteiger partial charge in [-0.1, -0.05) is 78.1 Å². The van der Waals surface area contributed by atoms with Gasteiger partial charge in [0.25, 0.3) is 0 Å². The molecular formula is C25H47N5O4S. The smallest absolute Gasteiger partial charge is 0.333 e. The summed E-state index contributed by atoms with van der Waals surface area (Å²) in [5.74, 6) is 0.379. The van der Waals surface area contributed by atoms with Crippen molar-refractivity contribution < 1.29 is 17.9 Å². The van der Waals surface area contributed by atoms with E-state index in [0.717, 1.165) is 38.7 Å². The summed E-state index contributed by atoms with van der Waals surface area (Å²) in [6.07, 6.45) is 14.2. The minimum atomic E-state index is -3.47. The van der Waals surface area contributed by atoms with Crippen molar-refractivity contribution in [1.82, 2.24) is 20.9 Å². The maximum Gasteiger partial charge on any atom is 0.333 e. The number of ether oxygens (including phenoxy) is 1. The Labute approximate surface area is 212 Å². The van der Waals surface area contributed by atoms with Gasteiger partial charge in [-0.25, -0.2) is 13.2 Å². The summed E-state index contributed by atoms with van der Waals surface area (Å²) in [5.41, 5.74) is 5.78. The minimum absolute atomic E-state index is 0.0282. The van der Waals surface area contributed by atoms with Crippen molar-refractivity contribution in [2.24, 2.45) is 0 Å². The molecule has 0 bridgehead atoms. The number of hydrogen-bond acceptors (Lipinski definition) is 7. The van der Waals surface area contributed by atoms with Crippen LogP contribution in [0.1, 0.15) is 103 Å². The summed E-state index contributed by atoms with van der Waals surface area (Å²) in [6.45, 7) is 7.96. The highest BCUT2D eigenvalue weighted by Gasteiger charge is 2.18. The van der Waals surface area contributed by atoms with Gasteiger partial charge >= 0.3 is 6.03 Å². The van der Waals surface area contributed by atoms with Crippen LogP contribution in [0.2, 0.25) is 0 Å². The Kier molecular flexibility index (Phi) is 17.1. The van der Waals surface area contributed by atoms with Crippen LogP contribution in [0.3, 0.4) is 0 Å².